The maximum atomic E-state index is 12.2. The van der Waals surface area contributed by atoms with E-state index < -0.39 is 22.8 Å². The molecule has 0 amide bonds. The third-order valence-electron chi connectivity index (χ3n) is 4.09. The summed E-state index contributed by atoms with van der Waals surface area (Å²) in [5.74, 6) is -3.55. The lowest BCUT2D eigenvalue weighted by molar-refractivity contribution is -0.153. The minimum absolute atomic E-state index is 0.184. The van der Waals surface area contributed by atoms with Gasteiger partial charge < -0.3 is 10.2 Å². The summed E-state index contributed by atoms with van der Waals surface area (Å²) in [4.78, 5) is 24.4. The van der Waals surface area contributed by atoms with Gasteiger partial charge in [-0.2, -0.15) is 10.5 Å². The maximum absolute atomic E-state index is 12.2. The van der Waals surface area contributed by atoms with Gasteiger partial charge in [-0.05, 0) is 35.4 Å². The highest BCUT2D eigenvalue weighted by molar-refractivity contribution is 6.30. The number of hydrogen-bond acceptors (Lipinski definition) is 4. The Morgan fingerprint density at radius 3 is 1.19 bits per heavy atom. The van der Waals surface area contributed by atoms with Gasteiger partial charge in [-0.25, -0.2) is 0 Å². The molecule has 0 radical (unpaired) electrons. The molecule has 0 fully saturated rings. The molecule has 2 unspecified atom stereocenters. The number of benzene rings is 2. The highest BCUT2D eigenvalue weighted by Gasteiger charge is 2.66. The number of nitriles is 2. The van der Waals surface area contributed by atoms with E-state index in [-0.39, 0.29) is 21.2 Å². The van der Waals surface area contributed by atoms with Gasteiger partial charge in [0.05, 0.1) is 12.1 Å². The molecule has 0 bridgehead atoms. The molecule has 130 valence electrons. The first kappa shape index (κ1) is 19.3. The van der Waals surface area contributed by atoms with Gasteiger partial charge in [0.1, 0.15) is 0 Å². The first-order valence-electron chi connectivity index (χ1n) is 7.07. The Morgan fingerprint density at radius 1 is 0.731 bits per heavy atom. The van der Waals surface area contributed by atoms with Crippen LogP contribution in [0.3, 0.4) is 0 Å². The second kappa shape index (κ2) is 7.05. The number of carboxylic acids is 2. The fourth-order valence-electron chi connectivity index (χ4n) is 2.79. The molecule has 8 heteroatoms. The summed E-state index contributed by atoms with van der Waals surface area (Å²) in [5.41, 5.74) is -5.83. The number of nitrogens with zero attached hydrogens (tertiary/aromatic N) is 2. The van der Waals surface area contributed by atoms with E-state index in [4.69, 9.17) is 23.2 Å². The Labute approximate surface area is 158 Å². The van der Waals surface area contributed by atoms with Gasteiger partial charge in [0.2, 0.25) is 10.8 Å². The zero-order valence-corrected chi connectivity index (χ0v) is 14.5. The molecule has 0 saturated carbocycles. The smallest absolute Gasteiger partial charge is 0.331 e. The van der Waals surface area contributed by atoms with Gasteiger partial charge in [-0.15, -0.1) is 0 Å². The summed E-state index contributed by atoms with van der Waals surface area (Å²) < 4.78 is 0. The zero-order chi connectivity index (χ0) is 19.5. The van der Waals surface area contributed by atoms with Gasteiger partial charge in [0.15, 0.2) is 0 Å². The Balaban J connectivity index is 2.97. The minimum Gasteiger partial charge on any atom is -0.480 e. The van der Waals surface area contributed by atoms with Crippen molar-refractivity contribution < 1.29 is 19.8 Å². The van der Waals surface area contributed by atoms with Crippen LogP contribution in [0.25, 0.3) is 0 Å². The van der Waals surface area contributed by atoms with Crippen molar-refractivity contribution in [2.45, 2.75) is 10.8 Å². The predicted molar refractivity (Wildman–Crippen MR) is 92.8 cm³/mol. The molecular weight excluding hydrogens is 379 g/mol. The lowest BCUT2D eigenvalue weighted by Crippen LogP contribution is -2.57. The fraction of sp³-hybridized carbons (Fsp3) is 0.111. The molecule has 2 aromatic carbocycles. The number of aliphatic carboxylic acids is 2. The van der Waals surface area contributed by atoms with Crippen molar-refractivity contribution in [1.82, 2.24) is 0 Å². The molecule has 0 heterocycles. The SMILES string of the molecule is N#CC(C(=O)O)(c1ccc(Cl)cc1)C(C#N)(C(=O)O)c1ccc(Cl)cc1. The molecule has 2 aromatic rings. The van der Waals surface area contributed by atoms with Gasteiger partial charge in [0, 0.05) is 10.0 Å². The number of carbonyl (C=O) groups is 2. The first-order chi connectivity index (χ1) is 12.3. The summed E-state index contributed by atoms with van der Waals surface area (Å²) in [6, 6.07) is 13.2. The summed E-state index contributed by atoms with van der Waals surface area (Å²) in [6.45, 7) is 0. The molecule has 26 heavy (non-hydrogen) atoms. The third kappa shape index (κ3) is 2.66. The van der Waals surface area contributed by atoms with Crippen molar-refractivity contribution in [3.63, 3.8) is 0 Å². The summed E-state index contributed by atoms with van der Waals surface area (Å²) in [5, 5.41) is 39.9. The van der Waals surface area contributed by atoms with Crippen molar-refractivity contribution in [2.75, 3.05) is 0 Å². The van der Waals surface area contributed by atoms with Crippen molar-refractivity contribution in [3.05, 3.63) is 69.7 Å². The van der Waals surface area contributed by atoms with E-state index in [9.17, 15) is 30.3 Å². The quantitative estimate of drug-likeness (QED) is 0.808. The minimum atomic E-state index is -2.73. The van der Waals surface area contributed by atoms with Crippen LogP contribution < -0.4 is 0 Å². The van der Waals surface area contributed by atoms with Crippen LogP contribution in [-0.4, -0.2) is 22.2 Å². The van der Waals surface area contributed by atoms with Crippen LogP contribution in [0.2, 0.25) is 10.0 Å². The molecule has 0 aliphatic carbocycles. The van der Waals surface area contributed by atoms with Gasteiger partial charge in [-0.3, -0.25) is 9.59 Å². The Kier molecular flexibility index (Phi) is 5.22. The maximum Gasteiger partial charge on any atom is 0.331 e. The van der Waals surface area contributed by atoms with Gasteiger partial charge in [-0.1, -0.05) is 47.5 Å². The Bertz CT molecular complexity index is 866. The van der Waals surface area contributed by atoms with Gasteiger partial charge in [0.25, 0.3) is 0 Å². The summed E-state index contributed by atoms with van der Waals surface area (Å²) >= 11 is 11.6. The predicted octanol–water partition coefficient (Wildman–Crippen LogP) is 3.39. The van der Waals surface area contributed by atoms with Crippen molar-refractivity contribution in [2.24, 2.45) is 0 Å². The lowest BCUT2D eigenvalue weighted by Gasteiger charge is -2.35. The van der Waals surface area contributed by atoms with Crippen LogP contribution in [0.5, 0.6) is 0 Å². The average molecular weight is 389 g/mol. The monoisotopic (exact) mass is 388 g/mol. The van der Waals surface area contributed by atoms with Crippen LogP contribution in [0.4, 0.5) is 0 Å². The largest absolute Gasteiger partial charge is 0.480 e. The summed E-state index contributed by atoms with van der Waals surface area (Å²) in [7, 11) is 0. The first-order valence-corrected chi connectivity index (χ1v) is 7.83. The van der Waals surface area contributed by atoms with Crippen molar-refractivity contribution in [3.8, 4) is 12.1 Å². The standard InChI is InChI=1S/C18H10Cl2N2O4/c19-13-5-1-11(2-6-13)17(9-21,15(23)24)18(10-22,16(25)26)12-3-7-14(20)8-4-12/h1-8H,(H,23,24)(H,25,26). The second-order valence-electron chi connectivity index (χ2n) is 5.35. The normalized spacial score (nSPS) is 14.9. The molecule has 2 atom stereocenters. The topological polar surface area (TPSA) is 122 Å². The van der Waals surface area contributed by atoms with Gasteiger partial charge >= 0.3 is 11.9 Å². The molecule has 0 spiro atoms. The number of hydrogen-bond donors (Lipinski definition) is 2. The lowest BCUT2D eigenvalue weighted by atomic mass is 9.58. The summed E-state index contributed by atoms with van der Waals surface area (Å²) in [6.07, 6.45) is 0. The van der Waals surface area contributed by atoms with E-state index in [0.717, 1.165) is 0 Å². The average Bonchev–Trinajstić information content (AvgIpc) is 2.61. The molecule has 0 aliphatic rings. The Hall–Kier alpha value is -3.06. The van der Waals surface area contributed by atoms with Crippen LogP contribution in [-0.2, 0) is 20.4 Å². The molecule has 2 N–H and O–H groups in total. The van der Waals surface area contributed by atoms with Crippen LogP contribution in [0.1, 0.15) is 11.1 Å². The highest BCUT2D eigenvalue weighted by Crippen LogP contribution is 2.45. The zero-order valence-electron chi connectivity index (χ0n) is 13.0. The van der Waals surface area contributed by atoms with E-state index in [0.29, 0.717) is 0 Å². The van der Waals surface area contributed by atoms with Crippen LogP contribution >= 0.6 is 23.2 Å². The van der Waals surface area contributed by atoms with E-state index in [1.807, 2.05) is 0 Å². The molecule has 0 aromatic heterocycles. The van der Waals surface area contributed by atoms with E-state index in [1.165, 1.54) is 48.5 Å². The van der Waals surface area contributed by atoms with Crippen LogP contribution in [0, 0.1) is 22.7 Å². The van der Waals surface area contributed by atoms with Crippen LogP contribution in [0.15, 0.2) is 48.5 Å². The van der Waals surface area contributed by atoms with E-state index >= 15 is 0 Å². The fourth-order valence-corrected chi connectivity index (χ4v) is 3.04. The second-order valence-corrected chi connectivity index (χ2v) is 6.22. The molecule has 0 aliphatic heterocycles. The molecule has 2 rings (SSSR count). The van der Waals surface area contributed by atoms with E-state index in [1.54, 1.807) is 12.1 Å². The molecule has 0 saturated heterocycles. The number of rotatable bonds is 5. The number of halogens is 2. The third-order valence-corrected chi connectivity index (χ3v) is 4.60. The van der Waals surface area contributed by atoms with E-state index in [2.05, 4.69) is 0 Å². The van der Waals surface area contributed by atoms with Crippen molar-refractivity contribution in [1.29, 1.82) is 10.5 Å². The highest BCUT2D eigenvalue weighted by atomic mass is 35.5. The molecule has 6 nitrogen and oxygen atoms in total. The number of carboxylic acid groups (broad SMARTS) is 2. The molecular formula is C18H10Cl2N2O4. The van der Waals surface area contributed by atoms with Crippen molar-refractivity contribution >= 4 is 35.1 Å². The Morgan fingerprint density at radius 2 is 1.00 bits per heavy atom.